The van der Waals surface area contributed by atoms with Crippen molar-refractivity contribution >= 4 is 22.7 Å². The highest BCUT2D eigenvalue weighted by molar-refractivity contribution is 5.54. The van der Waals surface area contributed by atoms with E-state index < -0.39 is 0 Å². The van der Waals surface area contributed by atoms with Crippen LogP contribution in [0.5, 0.6) is 0 Å². The second kappa shape index (κ2) is 10.7. The number of nitrogens with two attached hydrogens (primary N) is 1. The van der Waals surface area contributed by atoms with Crippen LogP contribution < -0.4 is 26.2 Å². The third-order valence-electron chi connectivity index (χ3n) is 5.80. The Labute approximate surface area is 190 Å². The van der Waals surface area contributed by atoms with Gasteiger partial charge in [-0.1, -0.05) is 0 Å². The average Bonchev–Trinajstić information content (AvgIpc) is 2.73. The first-order valence-electron chi connectivity index (χ1n) is 11.3. The molecule has 4 unspecified atom stereocenters. The topological polar surface area (TPSA) is 99.7 Å². The standard InChI is InChI=1S/C12H17N3O2.C12H19N3/c1-9-7-14(8-10(2)13-9)11-3-5-12(6-4-11)15(16)17;1-9-7-15(8-10(2)14-9)12-5-3-11(13)4-6-12/h3-6,9-10,13H,7-8H2,1-2H3;3-6,9-10,14H,7-8,13H2,1-2H3. The summed E-state index contributed by atoms with van der Waals surface area (Å²) in [6.45, 7) is 12.7. The van der Waals surface area contributed by atoms with E-state index in [4.69, 9.17) is 5.73 Å². The van der Waals surface area contributed by atoms with Crippen LogP contribution in [0, 0.1) is 10.1 Å². The molecule has 4 rings (SSSR count). The predicted octanol–water partition coefficient (Wildman–Crippen LogP) is 3.24. The Kier molecular flexibility index (Phi) is 7.93. The molecule has 0 bridgehead atoms. The Hall–Kier alpha value is -2.84. The van der Waals surface area contributed by atoms with Gasteiger partial charge in [0.25, 0.3) is 5.69 Å². The number of anilines is 3. The van der Waals surface area contributed by atoms with Crippen molar-refractivity contribution in [3.63, 3.8) is 0 Å². The second-order valence-corrected chi connectivity index (χ2v) is 9.11. The zero-order valence-electron chi connectivity index (χ0n) is 19.5. The van der Waals surface area contributed by atoms with Crippen LogP contribution in [0.2, 0.25) is 0 Å². The first-order valence-corrected chi connectivity index (χ1v) is 11.3. The lowest BCUT2D eigenvalue weighted by molar-refractivity contribution is -0.384. The summed E-state index contributed by atoms with van der Waals surface area (Å²) in [6.07, 6.45) is 0. The van der Waals surface area contributed by atoms with E-state index in [9.17, 15) is 10.1 Å². The third-order valence-corrected chi connectivity index (χ3v) is 5.80. The van der Waals surface area contributed by atoms with Crippen molar-refractivity contribution < 1.29 is 4.92 Å². The monoisotopic (exact) mass is 440 g/mol. The summed E-state index contributed by atoms with van der Waals surface area (Å²) in [5.74, 6) is 0. The van der Waals surface area contributed by atoms with Gasteiger partial charge in [0.05, 0.1) is 4.92 Å². The molecular weight excluding hydrogens is 404 g/mol. The van der Waals surface area contributed by atoms with Gasteiger partial charge >= 0.3 is 0 Å². The molecule has 2 saturated heterocycles. The van der Waals surface area contributed by atoms with E-state index >= 15 is 0 Å². The average molecular weight is 441 g/mol. The van der Waals surface area contributed by atoms with E-state index in [0.29, 0.717) is 24.2 Å². The minimum atomic E-state index is -0.368. The summed E-state index contributed by atoms with van der Waals surface area (Å²) >= 11 is 0. The zero-order chi connectivity index (χ0) is 23.3. The highest BCUT2D eigenvalue weighted by Gasteiger charge is 2.22. The molecule has 0 amide bonds. The smallest absolute Gasteiger partial charge is 0.269 e. The molecule has 32 heavy (non-hydrogen) atoms. The maximum atomic E-state index is 10.6. The number of rotatable bonds is 3. The van der Waals surface area contributed by atoms with Crippen LogP contribution in [-0.4, -0.2) is 55.3 Å². The van der Waals surface area contributed by atoms with Gasteiger partial charge in [0, 0.05) is 79.5 Å². The molecule has 2 aromatic carbocycles. The number of nitro benzene ring substituents is 1. The highest BCUT2D eigenvalue weighted by atomic mass is 16.6. The number of nitro groups is 1. The molecule has 2 aliphatic rings. The van der Waals surface area contributed by atoms with Crippen molar-refractivity contribution in [3.8, 4) is 0 Å². The van der Waals surface area contributed by atoms with Gasteiger partial charge in [0.2, 0.25) is 0 Å². The lowest BCUT2D eigenvalue weighted by Gasteiger charge is -2.37. The molecule has 4 atom stereocenters. The number of piperazine rings is 2. The molecule has 2 aromatic rings. The first kappa shape index (κ1) is 23.8. The van der Waals surface area contributed by atoms with Crippen molar-refractivity contribution in [2.45, 2.75) is 51.9 Å². The maximum absolute atomic E-state index is 10.6. The van der Waals surface area contributed by atoms with Gasteiger partial charge in [0.1, 0.15) is 0 Å². The fourth-order valence-corrected chi connectivity index (χ4v) is 4.55. The largest absolute Gasteiger partial charge is 0.399 e. The first-order chi connectivity index (χ1) is 15.2. The number of non-ortho nitro benzene ring substituents is 1. The van der Waals surface area contributed by atoms with Gasteiger partial charge < -0.3 is 26.2 Å². The molecule has 4 N–H and O–H groups in total. The molecule has 8 nitrogen and oxygen atoms in total. The Balaban J connectivity index is 0.000000182. The Morgan fingerprint density at radius 3 is 1.44 bits per heavy atom. The normalized spacial score (nSPS) is 25.6. The zero-order valence-corrected chi connectivity index (χ0v) is 19.5. The third kappa shape index (κ3) is 6.58. The summed E-state index contributed by atoms with van der Waals surface area (Å²) in [4.78, 5) is 14.9. The number of nitrogens with one attached hydrogen (secondary N) is 2. The lowest BCUT2D eigenvalue weighted by atomic mass is 10.1. The van der Waals surface area contributed by atoms with Crippen LogP contribution in [0.1, 0.15) is 27.7 Å². The van der Waals surface area contributed by atoms with Crippen molar-refractivity contribution in [3.05, 3.63) is 58.6 Å². The Morgan fingerprint density at radius 2 is 1.09 bits per heavy atom. The van der Waals surface area contributed by atoms with Gasteiger partial charge in [-0.05, 0) is 64.1 Å². The summed E-state index contributed by atoms with van der Waals surface area (Å²) in [5.41, 5.74) is 8.97. The quantitative estimate of drug-likeness (QED) is 0.383. The van der Waals surface area contributed by atoms with Crippen LogP contribution in [0.4, 0.5) is 22.7 Å². The molecule has 174 valence electrons. The number of benzene rings is 2. The Morgan fingerprint density at radius 1 is 0.750 bits per heavy atom. The number of nitrogens with zero attached hydrogens (tertiary/aromatic N) is 3. The van der Waals surface area contributed by atoms with E-state index in [-0.39, 0.29) is 10.6 Å². The molecule has 0 saturated carbocycles. The van der Waals surface area contributed by atoms with E-state index in [1.807, 2.05) is 24.3 Å². The van der Waals surface area contributed by atoms with Crippen molar-refractivity contribution in [2.75, 3.05) is 41.7 Å². The lowest BCUT2D eigenvalue weighted by Crippen LogP contribution is -2.54. The molecule has 8 heteroatoms. The molecule has 0 aliphatic carbocycles. The molecule has 2 heterocycles. The predicted molar refractivity (Wildman–Crippen MR) is 132 cm³/mol. The van der Waals surface area contributed by atoms with E-state index in [1.165, 1.54) is 5.69 Å². The van der Waals surface area contributed by atoms with Gasteiger partial charge in [-0.3, -0.25) is 10.1 Å². The maximum Gasteiger partial charge on any atom is 0.269 e. The van der Waals surface area contributed by atoms with Crippen LogP contribution in [0.15, 0.2) is 48.5 Å². The number of nitrogen functional groups attached to an aromatic ring is 1. The molecule has 2 aliphatic heterocycles. The van der Waals surface area contributed by atoms with E-state index in [1.54, 1.807) is 12.1 Å². The van der Waals surface area contributed by atoms with Crippen LogP contribution in [0.25, 0.3) is 0 Å². The number of hydrogen-bond donors (Lipinski definition) is 3. The van der Waals surface area contributed by atoms with E-state index in [2.05, 4.69) is 60.3 Å². The molecule has 0 spiro atoms. The summed E-state index contributed by atoms with van der Waals surface area (Å²) in [6, 6.07) is 16.9. The fraction of sp³-hybridized carbons (Fsp3) is 0.500. The molecule has 0 aromatic heterocycles. The summed E-state index contributed by atoms with van der Waals surface area (Å²) < 4.78 is 0. The molecule has 0 radical (unpaired) electrons. The Bertz CT molecular complexity index is 853. The van der Waals surface area contributed by atoms with Crippen LogP contribution in [-0.2, 0) is 0 Å². The minimum absolute atomic E-state index is 0.144. The SMILES string of the molecule is CC1CN(c2ccc(N)cc2)CC(C)N1.CC1CN(c2ccc([N+](=O)[O-])cc2)CC(C)N1. The van der Waals surface area contributed by atoms with Gasteiger partial charge in [-0.25, -0.2) is 0 Å². The van der Waals surface area contributed by atoms with Gasteiger partial charge in [-0.2, -0.15) is 0 Å². The molecular formula is C24H36N6O2. The van der Waals surface area contributed by atoms with Crippen molar-refractivity contribution in [2.24, 2.45) is 0 Å². The summed E-state index contributed by atoms with van der Waals surface area (Å²) in [7, 11) is 0. The molecule has 2 fully saturated rings. The second-order valence-electron chi connectivity index (χ2n) is 9.11. The van der Waals surface area contributed by atoms with Gasteiger partial charge in [-0.15, -0.1) is 0 Å². The van der Waals surface area contributed by atoms with Crippen molar-refractivity contribution in [1.82, 2.24) is 10.6 Å². The fourth-order valence-electron chi connectivity index (χ4n) is 4.55. The summed E-state index contributed by atoms with van der Waals surface area (Å²) in [5, 5.41) is 17.6. The highest BCUT2D eigenvalue weighted by Crippen LogP contribution is 2.21. The minimum Gasteiger partial charge on any atom is -0.399 e. The van der Waals surface area contributed by atoms with E-state index in [0.717, 1.165) is 37.6 Å². The van der Waals surface area contributed by atoms with Gasteiger partial charge in [0.15, 0.2) is 0 Å². The van der Waals surface area contributed by atoms with Crippen LogP contribution >= 0.6 is 0 Å². The number of hydrogen-bond acceptors (Lipinski definition) is 7. The van der Waals surface area contributed by atoms with Crippen molar-refractivity contribution in [1.29, 1.82) is 0 Å². The van der Waals surface area contributed by atoms with Crippen LogP contribution in [0.3, 0.4) is 0 Å².